The Kier molecular flexibility index (Phi) is 6.20. The molecule has 30 heavy (non-hydrogen) atoms. The van der Waals surface area contributed by atoms with Crippen LogP contribution in [0.25, 0.3) is 0 Å². The molecule has 0 spiro atoms. The fourth-order valence-electron chi connectivity index (χ4n) is 2.52. The van der Waals surface area contributed by atoms with Crippen molar-refractivity contribution in [3.8, 4) is 5.75 Å². The van der Waals surface area contributed by atoms with Crippen LogP contribution in [-0.4, -0.2) is 32.3 Å². The highest BCUT2D eigenvalue weighted by Crippen LogP contribution is 2.30. The quantitative estimate of drug-likeness (QED) is 0.346. The maximum atomic E-state index is 5.86. The van der Waals surface area contributed by atoms with E-state index < -0.39 is 0 Å². The van der Waals surface area contributed by atoms with Crippen LogP contribution in [0.1, 0.15) is 5.82 Å². The molecule has 0 atom stereocenters. The van der Waals surface area contributed by atoms with Crippen LogP contribution < -0.4 is 21.1 Å². The Bertz CT molecular complexity index is 1120. The normalized spacial score (nSPS) is 10.6. The van der Waals surface area contributed by atoms with Crippen LogP contribution in [0.3, 0.4) is 0 Å². The molecule has 0 bridgehead atoms. The fraction of sp³-hybridized carbons (Fsp3) is 0.105. The van der Waals surface area contributed by atoms with Gasteiger partial charge in [-0.1, -0.05) is 53.4 Å². The summed E-state index contributed by atoms with van der Waals surface area (Å²) >= 11 is 2.94. The van der Waals surface area contributed by atoms with Gasteiger partial charge in [0.05, 0.1) is 18.6 Å². The van der Waals surface area contributed by atoms with Gasteiger partial charge in [0.1, 0.15) is 11.6 Å². The summed E-state index contributed by atoms with van der Waals surface area (Å²) in [5, 5.41) is 15.4. The number of hydrogen-bond acceptors (Lipinski definition) is 11. The van der Waals surface area contributed by atoms with Crippen LogP contribution in [0.5, 0.6) is 5.75 Å². The van der Waals surface area contributed by atoms with Gasteiger partial charge >= 0.3 is 0 Å². The number of nitrogens with zero attached hydrogens (tertiary/aromatic N) is 5. The molecule has 2 heterocycles. The molecule has 0 saturated carbocycles. The number of rotatable bonds is 8. The second-order valence-electron chi connectivity index (χ2n) is 5.91. The standard InChI is InChI=1S/C19H18N8OS2/c1-28-14-10-6-5-9-13(14)22-17-24-15(23-16(20)25-17)11-29-19-27-26-18(30-19)21-12-7-3-2-4-8-12/h2-10H,11H2,1H3,(H,21,26)(H3,20,22,23,24,25). The lowest BCUT2D eigenvalue weighted by molar-refractivity contribution is 0.417. The Balaban J connectivity index is 1.41. The Morgan fingerprint density at radius 3 is 2.60 bits per heavy atom. The van der Waals surface area contributed by atoms with E-state index in [1.54, 1.807) is 7.11 Å². The van der Waals surface area contributed by atoms with Gasteiger partial charge in [-0.15, -0.1) is 10.2 Å². The molecule has 152 valence electrons. The van der Waals surface area contributed by atoms with Crippen molar-refractivity contribution in [1.29, 1.82) is 0 Å². The maximum Gasteiger partial charge on any atom is 0.232 e. The first-order valence-electron chi connectivity index (χ1n) is 8.88. The molecule has 0 aliphatic carbocycles. The lowest BCUT2D eigenvalue weighted by atomic mass is 10.3. The summed E-state index contributed by atoms with van der Waals surface area (Å²) in [4.78, 5) is 12.8. The first kappa shape index (κ1) is 19.9. The van der Waals surface area contributed by atoms with Crippen molar-refractivity contribution in [3.63, 3.8) is 0 Å². The zero-order valence-corrected chi connectivity index (χ0v) is 17.6. The summed E-state index contributed by atoms with van der Waals surface area (Å²) in [7, 11) is 1.60. The summed E-state index contributed by atoms with van der Waals surface area (Å²) < 4.78 is 6.14. The minimum absolute atomic E-state index is 0.140. The van der Waals surface area contributed by atoms with E-state index in [2.05, 4.69) is 35.8 Å². The molecule has 0 aliphatic rings. The molecule has 2 aromatic heterocycles. The van der Waals surface area contributed by atoms with E-state index in [1.165, 1.54) is 23.1 Å². The Morgan fingerprint density at radius 1 is 0.967 bits per heavy atom. The largest absolute Gasteiger partial charge is 0.495 e. The summed E-state index contributed by atoms with van der Waals surface area (Å²) in [6.07, 6.45) is 0. The molecular weight excluding hydrogens is 420 g/mol. The van der Waals surface area contributed by atoms with E-state index in [4.69, 9.17) is 10.5 Å². The van der Waals surface area contributed by atoms with Gasteiger partial charge in [-0.3, -0.25) is 0 Å². The lowest BCUT2D eigenvalue weighted by Crippen LogP contribution is -2.07. The summed E-state index contributed by atoms with van der Waals surface area (Å²) in [6, 6.07) is 17.3. The molecule has 2 aromatic carbocycles. The van der Waals surface area contributed by atoms with Crippen molar-refractivity contribution in [2.75, 3.05) is 23.5 Å². The van der Waals surface area contributed by atoms with Crippen LogP contribution in [0.4, 0.5) is 28.4 Å². The molecule has 0 unspecified atom stereocenters. The van der Waals surface area contributed by atoms with E-state index in [0.717, 1.165) is 20.8 Å². The number of para-hydroxylation sites is 3. The molecule has 0 radical (unpaired) electrons. The van der Waals surface area contributed by atoms with Gasteiger partial charge in [-0.2, -0.15) is 15.0 Å². The molecule has 0 fully saturated rings. The number of benzene rings is 2. The molecule has 4 rings (SSSR count). The highest BCUT2D eigenvalue weighted by molar-refractivity contribution is 8.00. The number of anilines is 5. The van der Waals surface area contributed by atoms with Crippen LogP contribution in [0, 0.1) is 0 Å². The van der Waals surface area contributed by atoms with E-state index in [-0.39, 0.29) is 5.95 Å². The Morgan fingerprint density at radius 2 is 1.77 bits per heavy atom. The van der Waals surface area contributed by atoms with Crippen molar-refractivity contribution in [1.82, 2.24) is 25.1 Å². The molecule has 4 aromatic rings. The highest BCUT2D eigenvalue weighted by atomic mass is 32.2. The number of nitrogen functional groups attached to an aromatic ring is 1. The number of nitrogens with one attached hydrogen (secondary N) is 2. The fourth-order valence-corrected chi connectivity index (χ4v) is 4.14. The predicted molar refractivity (Wildman–Crippen MR) is 120 cm³/mol. The van der Waals surface area contributed by atoms with Gasteiger partial charge in [-0.25, -0.2) is 0 Å². The van der Waals surface area contributed by atoms with Crippen LogP contribution in [-0.2, 0) is 5.75 Å². The van der Waals surface area contributed by atoms with Crippen LogP contribution in [0.2, 0.25) is 0 Å². The van der Waals surface area contributed by atoms with Gasteiger partial charge in [0, 0.05) is 5.69 Å². The van der Waals surface area contributed by atoms with Crippen molar-refractivity contribution < 1.29 is 4.74 Å². The van der Waals surface area contributed by atoms with Gasteiger partial charge in [0.2, 0.25) is 17.0 Å². The molecule has 11 heteroatoms. The predicted octanol–water partition coefficient (Wildman–Crippen LogP) is 4.09. The zero-order valence-electron chi connectivity index (χ0n) is 15.9. The maximum absolute atomic E-state index is 5.86. The minimum atomic E-state index is 0.140. The third kappa shape index (κ3) is 5.13. The van der Waals surface area contributed by atoms with Gasteiger partial charge in [-0.05, 0) is 24.3 Å². The molecule has 0 aliphatic heterocycles. The van der Waals surface area contributed by atoms with Gasteiger partial charge in [0.25, 0.3) is 0 Å². The van der Waals surface area contributed by atoms with Crippen molar-refractivity contribution in [3.05, 3.63) is 60.4 Å². The van der Waals surface area contributed by atoms with Crippen molar-refractivity contribution in [2.24, 2.45) is 0 Å². The highest BCUT2D eigenvalue weighted by Gasteiger charge is 2.10. The number of ether oxygens (including phenoxy) is 1. The SMILES string of the molecule is COc1ccccc1Nc1nc(N)nc(CSc2nnc(Nc3ccccc3)s2)n1. The third-order valence-corrected chi connectivity index (χ3v) is 5.78. The second kappa shape index (κ2) is 9.37. The molecule has 9 nitrogen and oxygen atoms in total. The molecular formula is C19H18N8OS2. The number of nitrogens with two attached hydrogens (primary N) is 1. The van der Waals surface area contributed by atoms with Crippen LogP contribution in [0.15, 0.2) is 58.9 Å². The average Bonchev–Trinajstić information content (AvgIpc) is 3.20. The van der Waals surface area contributed by atoms with E-state index in [9.17, 15) is 0 Å². The van der Waals surface area contributed by atoms with E-state index in [1.807, 2.05) is 54.6 Å². The smallest absolute Gasteiger partial charge is 0.232 e. The second-order valence-corrected chi connectivity index (χ2v) is 8.11. The van der Waals surface area contributed by atoms with Crippen LogP contribution >= 0.6 is 23.1 Å². The monoisotopic (exact) mass is 438 g/mol. The van der Waals surface area contributed by atoms with Gasteiger partial charge in [0.15, 0.2) is 4.34 Å². The minimum Gasteiger partial charge on any atom is -0.495 e. The Hall–Kier alpha value is -3.44. The molecule has 0 saturated heterocycles. The number of methoxy groups -OCH3 is 1. The van der Waals surface area contributed by atoms with Crippen molar-refractivity contribution in [2.45, 2.75) is 10.1 Å². The summed E-state index contributed by atoms with van der Waals surface area (Å²) in [5.41, 5.74) is 7.57. The third-order valence-electron chi connectivity index (χ3n) is 3.81. The number of aromatic nitrogens is 5. The van der Waals surface area contributed by atoms with Gasteiger partial charge < -0.3 is 21.1 Å². The van der Waals surface area contributed by atoms with Crippen molar-refractivity contribution >= 4 is 51.5 Å². The average molecular weight is 439 g/mol. The number of thioether (sulfide) groups is 1. The summed E-state index contributed by atoms with van der Waals surface area (Å²) in [6.45, 7) is 0. The molecule has 4 N–H and O–H groups in total. The van der Waals surface area contributed by atoms with E-state index >= 15 is 0 Å². The topological polar surface area (TPSA) is 124 Å². The lowest BCUT2D eigenvalue weighted by Gasteiger charge is -2.10. The Labute approximate surface area is 181 Å². The first-order chi connectivity index (χ1) is 14.7. The van der Waals surface area contributed by atoms with E-state index in [0.29, 0.717) is 23.3 Å². The molecule has 0 amide bonds. The number of hydrogen-bond donors (Lipinski definition) is 3. The summed E-state index contributed by atoms with van der Waals surface area (Å²) in [5.74, 6) is 2.19. The first-order valence-corrected chi connectivity index (χ1v) is 10.7. The zero-order chi connectivity index (χ0) is 20.8.